The molecule has 2 aromatic rings. The first-order chi connectivity index (χ1) is 14.7. The van der Waals surface area contributed by atoms with Gasteiger partial charge < -0.3 is 15.4 Å². The molecule has 1 aromatic heterocycles. The van der Waals surface area contributed by atoms with Crippen LogP contribution in [-0.2, 0) is 16.1 Å². The van der Waals surface area contributed by atoms with Crippen LogP contribution in [0.4, 0.5) is 5.95 Å². The molecule has 1 atom stereocenters. The first kappa shape index (κ1) is 21.7. The van der Waals surface area contributed by atoms with Crippen LogP contribution in [0, 0.1) is 0 Å². The highest BCUT2D eigenvalue weighted by Crippen LogP contribution is 2.26. The topological polar surface area (TPSA) is 125 Å². The maximum absolute atomic E-state index is 12.2. The molecule has 30 heavy (non-hydrogen) atoms. The molecule has 0 spiro atoms. The average molecular weight is 413 g/mol. The number of carbonyl (C=O) groups excluding carboxylic acids is 2. The minimum absolute atomic E-state index is 0.0296. The average Bonchev–Trinajstić information content (AvgIpc) is 2.79. The van der Waals surface area contributed by atoms with Crippen LogP contribution in [0.2, 0.25) is 0 Å². The lowest BCUT2D eigenvalue weighted by Gasteiger charge is -2.26. The summed E-state index contributed by atoms with van der Waals surface area (Å²) in [6.45, 7) is 1.68. The summed E-state index contributed by atoms with van der Waals surface area (Å²) in [6.07, 6.45) is 6.60. The molecule has 0 aliphatic carbocycles. The van der Waals surface area contributed by atoms with Crippen molar-refractivity contribution in [2.24, 2.45) is 0 Å². The Morgan fingerprint density at radius 1 is 1.10 bits per heavy atom. The summed E-state index contributed by atoms with van der Waals surface area (Å²) < 4.78 is 5.63. The van der Waals surface area contributed by atoms with Crippen molar-refractivity contribution in [3.63, 3.8) is 0 Å². The van der Waals surface area contributed by atoms with Crippen LogP contribution >= 0.6 is 0 Å². The highest BCUT2D eigenvalue weighted by molar-refractivity contribution is 5.93. The lowest BCUT2D eigenvalue weighted by molar-refractivity contribution is -0.129. The lowest BCUT2D eigenvalue weighted by Crippen LogP contribution is -2.26. The fourth-order valence-electron chi connectivity index (χ4n) is 3.30. The summed E-state index contributed by atoms with van der Waals surface area (Å²) in [5.74, 6) is -0.141. The summed E-state index contributed by atoms with van der Waals surface area (Å²) in [5.41, 5.74) is 4.34. The van der Waals surface area contributed by atoms with Gasteiger partial charge in [0.1, 0.15) is 0 Å². The van der Waals surface area contributed by atoms with Gasteiger partial charge in [0.15, 0.2) is 0 Å². The van der Waals surface area contributed by atoms with Crippen LogP contribution in [0.25, 0.3) is 0 Å². The maximum atomic E-state index is 12.2. The molecule has 0 saturated carbocycles. The number of amides is 2. The van der Waals surface area contributed by atoms with Crippen LogP contribution in [0.5, 0.6) is 0 Å². The Labute approximate surface area is 175 Å². The molecule has 2 heterocycles. The lowest BCUT2D eigenvalue weighted by atomic mass is 9.99. The molecule has 4 N–H and O–H groups in total. The van der Waals surface area contributed by atoms with E-state index in [-0.39, 0.29) is 17.9 Å². The van der Waals surface area contributed by atoms with Crippen molar-refractivity contribution in [2.75, 3.05) is 18.5 Å². The van der Waals surface area contributed by atoms with Crippen molar-refractivity contribution < 1.29 is 19.5 Å². The Hall–Kier alpha value is -3.04. The Kier molecular flexibility index (Phi) is 8.10. The van der Waals surface area contributed by atoms with Gasteiger partial charge in [0.2, 0.25) is 11.9 Å². The van der Waals surface area contributed by atoms with Gasteiger partial charge in [-0.2, -0.15) is 0 Å². The monoisotopic (exact) mass is 413 g/mol. The molecule has 0 bridgehead atoms. The van der Waals surface area contributed by atoms with Gasteiger partial charge in [0, 0.05) is 25.4 Å². The van der Waals surface area contributed by atoms with Crippen LogP contribution < -0.4 is 16.1 Å². The summed E-state index contributed by atoms with van der Waals surface area (Å²) in [5, 5.41) is 14.5. The number of ether oxygens (including phenoxy) is 1. The number of hydroxylamine groups is 1. The second-order valence-corrected chi connectivity index (χ2v) is 7.16. The number of anilines is 1. The van der Waals surface area contributed by atoms with Gasteiger partial charge in [0.25, 0.3) is 5.91 Å². The third kappa shape index (κ3) is 6.23. The molecule has 9 heteroatoms. The van der Waals surface area contributed by atoms with Crippen molar-refractivity contribution in [2.45, 2.75) is 44.8 Å². The van der Waals surface area contributed by atoms with Gasteiger partial charge in [-0.05, 0) is 24.0 Å². The molecular formula is C21H27N5O4. The van der Waals surface area contributed by atoms with Crippen molar-refractivity contribution in [1.82, 2.24) is 20.8 Å². The zero-order valence-corrected chi connectivity index (χ0v) is 16.8. The maximum Gasteiger partial charge on any atom is 0.254 e. The zero-order valence-electron chi connectivity index (χ0n) is 16.8. The highest BCUT2D eigenvalue weighted by atomic mass is 16.5. The van der Waals surface area contributed by atoms with E-state index in [1.807, 2.05) is 18.2 Å². The van der Waals surface area contributed by atoms with Gasteiger partial charge in [-0.15, -0.1) is 0 Å². The fraction of sp³-hybridized carbons (Fsp3) is 0.429. The third-order valence-electron chi connectivity index (χ3n) is 4.93. The van der Waals surface area contributed by atoms with Crippen LogP contribution in [0.15, 0.2) is 36.7 Å². The molecule has 1 aliphatic rings. The van der Waals surface area contributed by atoms with E-state index in [1.165, 1.54) is 18.0 Å². The third-order valence-corrected chi connectivity index (χ3v) is 4.93. The largest absolute Gasteiger partial charge is 0.374 e. The molecule has 1 unspecified atom stereocenters. The van der Waals surface area contributed by atoms with E-state index in [4.69, 9.17) is 9.94 Å². The van der Waals surface area contributed by atoms with Crippen LogP contribution in [-0.4, -0.2) is 40.1 Å². The molecule has 160 valence electrons. The molecular weight excluding hydrogens is 386 g/mol. The van der Waals surface area contributed by atoms with Gasteiger partial charge in [0.05, 0.1) is 24.8 Å². The van der Waals surface area contributed by atoms with E-state index >= 15 is 0 Å². The molecule has 9 nitrogen and oxygen atoms in total. The molecule has 0 radical (unpaired) electrons. The number of nitrogens with zero attached hydrogens (tertiary/aromatic N) is 2. The van der Waals surface area contributed by atoms with E-state index in [1.54, 1.807) is 5.48 Å². The Balaban J connectivity index is 1.40. The Morgan fingerprint density at radius 3 is 2.67 bits per heavy atom. The predicted octanol–water partition coefficient (Wildman–Crippen LogP) is 2.35. The van der Waals surface area contributed by atoms with Crippen LogP contribution in [0.1, 0.15) is 59.6 Å². The highest BCUT2D eigenvalue weighted by Gasteiger charge is 2.21. The number of benzene rings is 1. The SMILES string of the molecule is O=C(CCCCCCNC(=O)c1cnc(NC2COCc3ccccc32)nc1)NO. The minimum Gasteiger partial charge on any atom is -0.374 e. The van der Waals surface area contributed by atoms with Gasteiger partial charge in [-0.25, -0.2) is 15.4 Å². The van der Waals surface area contributed by atoms with Gasteiger partial charge in [-0.1, -0.05) is 37.1 Å². The van der Waals surface area contributed by atoms with Crippen LogP contribution in [0.3, 0.4) is 0 Å². The van der Waals surface area contributed by atoms with Gasteiger partial charge in [-0.3, -0.25) is 14.8 Å². The number of nitrogens with one attached hydrogen (secondary N) is 3. The molecule has 1 aromatic carbocycles. The van der Waals surface area contributed by atoms with Gasteiger partial charge >= 0.3 is 0 Å². The summed E-state index contributed by atoms with van der Waals surface area (Å²) in [4.78, 5) is 31.6. The normalized spacial score (nSPS) is 15.2. The van der Waals surface area contributed by atoms with E-state index in [0.717, 1.165) is 24.8 Å². The first-order valence-corrected chi connectivity index (χ1v) is 10.1. The standard InChI is InChI=1S/C21H27N5O4/c27-19(26-29)9-3-1-2-6-10-22-20(28)16-11-23-21(24-12-16)25-18-14-30-13-15-7-4-5-8-17(15)18/h4-5,7-8,11-12,18,29H,1-3,6,9-10,13-14H2,(H,22,28)(H,26,27)(H,23,24,25). The van der Waals surface area contributed by atoms with Crippen molar-refractivity contribution in [1.29, 1.82) is 0 Å². The second kappa shape index (κ2) is 11.2. The van der Waals surface area contributed by atoms with Crippen molar-refractivity contribution >= 4 is 17.8 Å². The number of hydrogen-bond donors (Lipinski definition) is 4. The number of unbranched alkanes of at least 4 members (excludes halogenated alkanes) is 3. The number of carbonyl (C=O) groups is 2. The summed E-state index contributed by atoms with van der Waals surface area (Å²) >= 11 is 0. The number of aromatic nitrogens is 2. The quantitative estimate of drug-likeness (QED) is 0.268. The molecule has 3 rings (SSSR count). The van der Waals surface area contributed by atoms with Crippen molar-refractivity contribution in [3.05, 3.63) is 53.3 Å². The van der Waals surface area contributed by atoms with E-state index in [0.29, 0.717) is 44.1 Å². The van der Waals surface area contributed by atoms with Crippen molar-refractivity contribution in [3.8, 4) is 0 Å². The minimum atomic E-state index is -0.374. The Morgan fingerprint density at radius 2 is 1.87 bits per heavy atom. The predicted molar refractivity (Wildman–Crippen MR) is 110 cm³/mol. The number of hydrogen-bond acceptors (Lipinski definition) is 7. The summed E-state index contributed by atoms with van der Waals surface area (Å²) in [7, 11) is 0. The number of rotatable bonds is 10. The molecule has 1 aliphatic heterocycles. The zero-order chi connectivity index (χ0) is 21.2. The summed E-state index contributed by atoms with van der Waals surface area (Å²) in [6, 6.07) is 8.07. The second-order valence-electron chi connectivity index (χ2n) is 7.16. The first-order valence-electron chi connectivity index (χ1n) is 10.1. The number of fused-ring (bicyclic) bond motifs is 1. The molecule has 2 amide bonds. The molecule has 0 fully saturated rings. The fourth-order valence-corrected chi connectivity index (χ4v) is 3.30. The van der Waals surface area contributed by atoms with E-state index in [9.17, 15) is 9.59 Å². The van der Waals surface area contributed by atoms with E-state index < -0.39 is 0 Å². The van der Waals surface area contributed by atoms with E-state index in [2.05, 4.69) is 26.7 Å². The molecule has 0 saturated heterocycles. The smallest absolute Gasteiger partial charge is 0.254 e. The Bertz CT molecular complexity index is 844.